The molecular formula is C17H22N4O4. The Morgan fingerprint density at radius 1 is 1.40 bits per heavy atom. The largest absolute Gasteiger partial charge is 0.378 e. The summed E-state index contributed by atoms with van der Waals surface area (Å²) in [6.07, 6.45) is 1.11. The van der Waals surface area contributed by atoms with Crippen molar-refractivity contribution in [1.82, 2.24) is 9.80 Å². The molecule has 1 aromatic rings. The smallest absolute Gasteiger partial charge is 0.281 e. The van der Waals surface area contributed by atoms with Crippen LogP contribution in [0.25, 0.3) is 0 Å². The van der Waals surface area contributed by atoms with Gasteiger partial charge in [0, 0.05) is 31.1 Å². The molecule has 0 aromatic heterocycles. The molecule has 2 atom stereocenters. The second-order valence-electron chi connectivity index (χ2n) is 6.60. The predicted molar refractivity (Wildman–Crippen MR) is 91.7 cm³/mol. The van der Waals surface area contributed by atoms with E-state index in [1.54, 1.807) is 12.1 Å². The number of carbonyl (C=O) groups excluding carboxylic acids is 1. The van der Waals surface area contributed by atoms with Gasteiger partial charge in [0.1, 0.15) is 5.10 Å². The lowest BCUT2D eigenvalue weighted by Crippen LogP contribution is -2.40. The Morgan fingerprint density at radius 3 is 2.80 bits per heavy atom. The van der Waals surface area contributed by atoms with E-state index < -0.39 is 5.03 Å². The van der Waals surface area contributed by atoms with Crippen LogP contribution < -0.4 is 0 Å². The Labute approximate surface area is 146 Å². The molecule has 2 unspecified atom stereocenters. The van der Waals surface area contributed by atoms with Crippen molar-refractivity contribution in [2.75, 3.05) is 26.2 Å². The number of rotatable bonds is 4. The summed E-state index contributed by atoms with van der Waals surface area (Å²) in [5.41, 5.74) is 1.38. The highest BCUT2D eigenvalue weighted by Gasteiger charge is 2.37. The van der Waals surface area contributed by atoms with Crippen molar-refractivity contribution in [1.29, 1.82) is 0 Å². The van der Waals surface area contributed by atoms with Crippen molar-refractivity contribution in [2.45, 2.75) is 26.4 Å². The first-order chi connectivity index (χ1) is 12.0. The Bertz CT molecular complexity index is 706. The first-order valence-electron chi connectivity index (χ1n) is 8.42. The fourth-order valence-corrected chi connectivity index (χ4v) is 3.45. The number of nitrogens with zero attached hydrogens (tertiary/aromatic N) is 4. The molecule has 25 heavy (non-hydrogen) atoms. The summed E-state index contributed by atoms with van der Waals surface area (Å²) in [6, 6.07) is 7.23. The molecule has 0 N–H and O–H groups in total. The van der Waals surface area contributed by atoms with Gasteiger partial charge in [-0.15, -0.1) is 0 Å². The van der Waals surface area contributed by atoms with Gasteiger partial charge in [-0.25, -0.2) is 10.1 Å². The number of carbonyl (C=O) groups is 1. The van der Waals surface area contributed by atoms with Crippen LogP contribution in [0.1, 0.15) is 29.3 Å². The quantitative estimate of drug-likeness (QED) is 0.612. The fourth-order valence-electron chi connectivity index (χ4n) is 3.45. The normalized spacial score (nSPS) is 25.0. The number of hydrazone groups is 1. The molecule has 0 bridgehead atoms. The third-order valence-electron chi connectivity index (χ3n) is 4.67. The van der Waals surface area contributed by atoms with Gasteiger partial charge in [0.2, 0.25) is 0 Å². The van der Waals surface area contributed by atoms with Crippen LogP contribution in [0.15, 0.2) is 29.4 Å². The monoisotopic (exact) mass is 346 g/mol. The molecule has 2 heterocycles. The van der Waals surface area contributed by atoms with E-state index >= 15 is 0 Å². The van der Waals surface area contributed by atoms with Crippen LogP contribution in [0.3, 0.4) is 0 Å². The third kappa shape index (κ3) is 3.79. The lowest BCUT2D eigenvalue weighted by molar-refractivity contribution is -0.486. The molecule has 0 saturated carbocycles. The SMILES string of the molecule is Cc1ccccc1C(=O)N1CCN(CC2COC(C)C2)C1=N[N+](=O)[O-]. The van der Waals surface area contributed by atoms with Gasteiger partial charge in [-0.1, -0.05) is 18.2 Å². The number of hydrogen-bond donors (Lipinski definition) is 0. The summed E-state index contributed by atoms with van der Waals surface area (Å²) in [4.78, 5) is 27.1. The molecule has 2 aliphatic heterocycles. The first-order valence-corrected chi connectivity index (χ1v) is 8.42. The van der Waals surface area contributed by atoms with E-state index in [9.17, 15) is 14.9 Å². The summed E-state index contributed by atoms with van der Waals surface area (Å²) in [7, 11) is 0. The van der Waals surface area contributed by atoms with E-state index in [0.717, 1.165) is 12.0 Å². The number of aryl methyl sites for hydroxylation is 1. The van der Waals surface area contributed by atoms with Crippen molar-refractivity contribution in [3.8, 4) is 0 Å². The van der Waals surface area contributed by atoms with Gasteiger partial charge in [0.15, 0.2) is 5.03 Å². The lowest BCUT2D eigenvalue weighted by atomic mass is 10.1. The lowest BCUT2D eigenvalue weighted by Gasteiger charge is -2.22. The number of nitro groups is 1. The molecule has 2 saturated heterocycles. The molecule has 8 heteroatoms. The number of benzene rings is 1. The standard InChI is InChI=1S/C17H22N4O4/c1-12-5-3-4-6-15(12)16(22)20-8-7-19(17(20)18-21(23)24)10-14-9-13(2)25-11-14/h3-6,13-14H,7-11H2,1-2H3. The average Bonchev–Trinajstić information content (AvgIpc) is 3.14. The molecule has 1 amide bonds. The van der Waals surface area contributed by atoms with Crippen molar-refractivity contribution in [3.05, 3.63) is 45.5 Å². The zero-order valence-corrected chi connectivity index (χ0v) is 14.4. The minimum atomic E-state index is -0.737. The van der Waals surface area contributed by atoms with Crippen LogP contribution in [0.5, 0.6) is 0 Å². The second-order valence-corrected chi connectivity index (χ2v) is 6.60. The maximum atomic E-state index is 12.9. The second kappa shape index (κ2) is 7.18. The van der Waals surface area contributed by atoms with Crippen LogP contribution in [0.2, 0.25) is 0 Å². The fraction of sp³-hybridized carbons (Fsp3) is 0.529. The molecule has 134 valence electrons. The van der Waals surface area contributed by atoms with Crippen molar-refractivity contribution in [2.24, 2.45) is 11.0 Å². The minimum Gasteiger partial charge on any atom is -0.378 e. The number of amides is 1. The highest BCUT2D eigenvalue weighted by molar-refractivity contribution is 6.07. The molecule has 2 fully saturated rings. The van der Waals surface area contributed by atoms with E-state index in [-0.39, 0.29) is 18.0 Å². The summed E-state index contributed by atoms with van der Waals surface area (Å²) in [5, 5.41) is 13.8. The summed E-state index contributed by atoms with van der Waals surface area (Å²) < 4.78 is 5.57. The Morgan fingerprint density at radius 2 is 2.16 bits per heavy atom. The van der Waals surface area contributed by atoms with Crippen molar-refractivity contribution < 1.29 is 14.6 Å². The highest BCUT2D eigenvalue weighted by Crippen LogP contribution is 2.23. The van der Waals surface area contributed by atoms with E-state index in [2.05, 4.69) is 5.10 Å². The molecule has 8 nitrogen and oxygen atoms in total. The van der Waals surface area contributed by atoms with Gasteiger partial charge < -0.3 is 9.64 Å². The van der Waals surface area contributed by atoms with Crippen LogP contribution in [-0.4, -0.2) is 59.0 Å². The molecular weight excluding hydrogens is 324 g/mol. The number of ether oxygens (including phenoxy) is 1. The molecule has 0 aliphatic carbocycles. The van der Waals surface area contributed by atoms with E-state index in [1.165, 1.54) is 4.90 Å². The van der Waals surface area contributed by atoms with Gasteiger partial charge in [-0.2, -0.15) is 0 Å². The van der Waals surface area contributed by atoms with Gasteiger partial charge in [-0.05, 0) is 31.9 Å². The van der Waals surface area contributed by atoms with E-state index in [1.807, 2.05) is 30.9 Å². The van der Waals surface area contributed by atoms with Crippen LogP contribution in [0.4, 0.5) is 0 Å². The zero-order chi connectivity index (χ0) is 18.0. The zero-order valence-electron chi connectivity index (χ0n) is 14.4. The van der Waals surface area contributed by atoms with Crippen molar-refractivity contribution >= 4 is 11.9 Å². The summed E-state index contributed by atoms with van der Waals surface area (Å²) in [5.74, 6) is 0.163. The summed E-state index contributed by atoms with van der Waals surface area (Å²) >= 11 is 0. The maximum absolute atomic E-state index is 12.9. The molecule has 2 aliphatic rings. The van der Waals surface area contributed by atoms with E-state index in [4.69, 9.17) is 4.74 Å². The maximum Gasteiger partial charge on any atom is 0.281 e. The summed E-state index contributed by atoms with van der Waals surface area (Å²) in [6.45, 7) is 6.04. The Hall–Kier alpha value is -2.48. The number of guanidine groups is 1. The average molecular weight is 346 g/mol. The van der Waals surface area contributed by atoms with Crippen LogP contribution in [-0.2, 0) is 4.74 Å². The Kier molecular flexibility index (Phi) is 4.98. The van der Waals surface area contributed by atoms with Gasteiger partial charge in [-0.3, -0.25) is 9.69 Å². The van der Waals surface area contributed by atoms with Gasteiger partial charge in [0.05, 0.1) is 12.7 Å². The van der Waals surface area contributed by atoms with Gasteiger partial charge in [0.25, 0.3) is 11.9 Å². The molecule has 3 rings (SSSR count). The highest BCUT2D eigenvalue weighted by atomic mass is 16.7. The van der Waals surface area contributed by atoms with E-state index in [0.29, 0.717) is 37.7 Å². The third-order valence-corrected chi connectivity index (χ3v) is 4.67. The van der Waals surface area contributed by atoms with Gasteiger partial charge >= 0.3 is 0 Å². The van der Waals surface area contributed by atoms with Crippen LogP contribution >= 0.6 is 0 Å². The topological polar surface area (TPSA) is 88.3 Å². The van der Waals surface area contributed by atoms with Crippen molar-refractivity contribution in [3.63, 3.8) is 0 Å². The minimum absolute atomic E-state index is 0.123. The molecule has 0 radical (unpaired) electrons. The molecule has 1 aromatic carbocycles. The Balaban J connectivity index is 1.81. The number of hydrogen-bond acceptors (Lipinski definition) is 4. The first kappa shape index (κ1) is 17.3. The predicted octanol–water partition coefficient (Wildman–Crippen LogP) is 1.73. The molecule has 0 spiro atoms. The van der Waals surface area contributed by atoms with Crippen LogP contribution in [0, 0.1) is 23.0 Å².